The van der Waals surface area contributed by atoms with Gasteiger partial charge in [0.15, 0.2) is 0 Å². The molecule has 0 aliphatic rings. The Morgan fingerprint density at radius 3 is 2.22 bits per heavy atom. The van der Waals surface area contributed by atoms with Gasteiger partial charge in [0.05, 0.1) is 6.04 Å². The molecule has 5 atom stereocenters. The van der Waals surface area contributed by atoms with E-state index in [1.165, 1.54) is 12.1 Å². The summed E-state index contributed by atoms with van der Waals surface area (Å²) in [5, 5.41) is 28.0. The number of thiol groups is 1. The van der Waals surface area contributed by atoms with Crippen LogP contribution in [0.25, 0.3) is 10.9 Å². The van der Waals surface area contributed by atoms with Crippen LogP contribution < -0.4 is 21.7 Å². The second-order valence-corrected chi connectivity index (χ2v) is 10.4. The second-order valence-electron chi connectivity index (χ2n) is 10.1. The maximum Gasteiger partial charge on any atom is 0.326 e. The van der Waals surface area contributed by atoms with Gasteiger partial charge in [0.25, 0.3) is 0 Å². The van der Waals surface area contributed by atoms with Crippen molar-refractivity contribution in [3.63, 3.8) is 0 Å². The lowest BCUT2D eigenvalue weighted by molar-refractivity contribution is -0.142. The van der Waals surface area contributed by atoms with Gasteiger partial charge in [0, 0.05) is 29.3 Å². The molecule has 0 spiro atoms. The second kappa shape index (κ2) is 14.6. The number of aromatic hydroxyl groups is 1. The summed E-state index contributed by atoms with van der Waals surface area (Å²) in [6.07, 6.45) is 2.46. The van der Waals surface area contributed by atoms with Gasteiger partial charge >= 0.3 is 5.97 Å². The summed E-state index contributed by atoms with van der Waals surface area (Å²) < 4.78 is 0. The number of aromatic nitrogens is 1. The Morgan fingerprint density at radius 2 is 1.59 bits per heavy atom. The first-order valence-electron chi connectivity index (χ1n) is 13.4. The molecule has 3 amide bonds. The lowest BCUT2D eigenvalue weighted by Crippen LogP contribution is -2.59. The fourth-order valence-electron chi connectivity index (χ4n) is 4.39. The van der Waals surface area contributed by atoms with Crippen molar-refractivity contribution >= 4 is 47.2 Å². The number of aromatic amines is 1. The van der Waals surface area contributed by atoms with Crippen molar-refractivity contribution in [2.24, 2.45) is 11.7 Å². The zero-order chi connectivity index (χ0) is 30.1. The third kappa shape index (κ3) is 8.48. The highest BCUT2D eigenvalue weighted by Crippen LogP contribution is 2.19. The molecule has 11 nitrogen and oxygen atoms in total. The standard InChI is InChI=1S/C29H37N5O6S/c1-3-16(2)25(28(38)32-23(29(39)40)13-18-14-31-22-7-5-4-6-20(18)22)34-27(37)24(15-41)33-26(36)21(30)12-17-8-10-19(35)11-9-17/h4-11,14,16,21,23-25,31,35,41H,3,12-13,15,30H2,1-2H3,(H,32,38)(H,33,36)(H,34,37)(H,39,40). The summed E-state index contributed by atoms with van der Waals surface area (Å²) >= 11 is 4.19. The molecule has 0 aliphatic carbocycles. The van der Waals surface area contributed by atoms with Crippen LogP contribution in [0, 0.1) is 5.92 Å². The first-order valence-corrected chi connectivity index (χ1v) is 14.0. The SMILES string of the molecule is CCC(C)C(NC(=O)C(CS)NC(=O)C(N)Cc1ccc(O)cc1)C(=O)NC(Cc1c[nH]c2ccccc12)C(=O)O. The molecular weight excluding hydrogens is 546 g/mol. The quantitative estimate of drug-likeness (QED) is 0.132. The number of fused-ring (bicyclic) bond motifs is 1. The Kier molecular flexibility index (Phi) is 11.2. The highest BCUT2D eigenvalue weighted by Gasteiger charge is 2.32. The van der Waals surface area contributed by atoms with Crippen LogP contribution in [0.3, 0.4) is 0 Å². The number of nitrogens with two attached hydrogens (primary N) is 1. The number of amides is 3. The van der Waals surface area contributed by atoms with E-state index in [4.69, 9.17) is 5.73 Å². The number of phenolic OH excluding ortho intramolecular Hbond substituents is 1. The zero-order valence-electron chi connectivity index (χ0n) is 23.0. The van der Waals surface area contributed by atoms with Gasteiger partial charge in [0.1, 0.15) is 23.9 Å². The van der Waals surface area contributed by atoms with E-state index in [-0.39, 0.29) is 30.3 Å². The Labute approximate surface area is 243 Å². The van der Waals surface area contributed by atoms with Crippen molar-refractivity contribution in [3.8, 4) is 5.75 Å². The average molecular weight is 584 g/mol. The number of hydrogen-bond acceptors (Lipinski definition) is 7. The third-order valence-electron chi connectivity index (χ3n) is 7.05. The molecule has 0 saturated carbocycles. The molecule has 1 aromatic heterocycles. The van der Waals surface area contributed by atoms with Crippen molar-refractivity contribution in [2.75, 3.05) is 5.75 Å². The van der Waals surface area contributed by atoms with E-state index in [0.717, 1.165) is 22.0 Å². The summed E-state index contributed by atoms with van der Waals surface area (Å²) in [7, 11) is 0. The Hall–Kier alpha value is -4.03. The molecule has 2 aromatic carbocycles. The lowest BCUT2D eigenvalue weighted by atomic mass is 9.97. The molecule has 5 unspecified atom stereocenters. The average Bonchev–Trinajstić information content (AvgIpc) is 3.37. The van der Waals surface area contributed by atoms with E-state index in [1.807, 2.05) is 31.2 Å². The van der Waals surface area contributed by atoms with Crippen LogP contribution in [0.4, 0.5) is 0 Å². The van der Waals surface area contributed by atoms with Crippen molar-refractivity contribution in [1.29, 1.82) is 0 Å². The maximum absolute atomic E-state index is 13.3. The van der Waals surface area contributed by atoms with Crippen LogP contribution >= 0.6 is 12.6 Å². The predicted octanol–water partition coefficient (Wildman–Crippen LogP) is 1.50. The molecule has 3 aromatic rings. The minimum absolute atomic E-state index is 0.0422. The van der Waals surface area contributed by atoms with E-state index in [2.05, 4.69) is 33.6 Å². The fourth-order valence-corrected chi connectivity index (χ4v) is 4.65. The van der Waals surface area contributed by atoms with Crippen LogP contribution in [0.15, 0.2) is 54.7 Å². The number of H-pyrrole nitrogens is 1. The highest BCUT2D eigenvalue weighted by molar-refractivity contribution is 7.80. The monoisotopic (exact) mass is 583 g/mol. The summed E-state index contributed by atoms with van der Waals surface area (Å²) in [4.78, 5) is 54.3. The number of para-hydroxylation sites is 1. The van der Waals surface area contributed by atoms with Crippen molar-refractivity contribution in [3.05, 3.63) is 65.9 Å². The van der Waals surface area contributed by atoms with Gasteiger partial charge in [-0.2, -0.15) is 12.6 Å². The van der Waals surface area contributed by atoms with Gasteiger partial charge in [-0.25, -0.2) is 4.79 Å². The van der Waals surface area contributed by atoms with Crippen LogP contribution in [-0.4, -0.2) is 68.8 Å². The molecule has 3 rings (SSSR count). The molecule has 0 fully saturated rings. The number of rotatable bonds is 14. The summed E-state index contributed by atoms with van der Waals surface area (Å²) in [5.74, 6) is -3.39. The number of aliphatic carboxylic acids is 1. The number of phenols is 1. The first kappa shape index (κ1) is 31.5. The largest absolute Gasteiger partial charge is 0.508 e. The summed E-state index contributed by atoms with van der Waals surface area (Å²) in [5.41, 5.74) is 8.35. The molecule has 0 aliphatic heterocycles. The minimum Gasteiger partial charge on any atom is -0.508 e. The number of benzene rings is 2. The highest BCUT2D eigenvalue weighted by atomic mass is 32.1. The van der Waals surface area contributed by atoms with Crippen LogP contribution in [0.1, 0.15) is 31.4 Å². The van der Waals surface area contributed by atoms with E-state index in [1.54, 1.807) is 25.3 Å². The van der Waals surface area contributed by atoms with Gasteiger partial charge in [-0.3, -0.25) is 14.4 Å². The van der Waals surface area contributed by atoms with Crippen LogP contribution in [0.2, 0.25) is 0 Å². The van der Waals surface area contributed by atoms with Crippen molar-refractivity contribution < 1.29 is 29.4 Å². The Balaban J connectivity index is 1.66. The van der Waals surface area contributed by atoms with Gasteiger partial charge in [-0.1, -0.05) is 50.6 Å². The van der Waals surface area contributed by atoms with E-state index in [9.17, 15) is 29.4 Å². The van der Waals surface area contributed by atoms with Crippen LogP contribution in [0.5, 0.6) is 5.75 Å². The zero-order valence-corrected chi connectivity index (χ0v) is 23.9. The van der Waals surface area contributed by atoms with Crippen molar-refractivity contribution in [1.82, 2.24) is 20.9 Å². The number of nitrogens with one attached hydrogen (secondary N) is 4. The number of carbonyl (C=O) groups excluding carboxylic acids is 3. The smallest absolute Gasteiger partial charge is 0.326 e. The van der Waals surface area contributed by atoms with Gasteiger partial charge < -0.3 is 36.9 Å². The minimum atomic E-state index is -1.23. The Morgan fingerprint density at radius 1 is 0.927 bits per heavy atom. The number of carboxylic acid groups (broad SMARTS) is 1. The van der Waals surface area contributed by atoms with Gasteiger partial charge in [-0.05, 0) is 41.7 Å². The third-order valence-corrected chi connectivity index (χ3v) is 7.42. The molecule has 8 N–H and O–H groups in total. The lowest BCUT2D eigenvalue weighted by Gasteiger charge is -2.27. The van der Waals surface area contributed by atoms with Gasteiger partial charge in [0.2, 0.25) is 17.7 Å². The molecule has 0 radical (unpaired) electrons. The molecule has 41 heavy (non-hydrogen) atoms. The molecule has 220 valence electrons. The van der Waals surface area contributed by atoms with E-state index >= 15 is 0 Å². The summed E-state index contributed by atoms with van der Waals surface area (Å²) in [6, 6.07) is 9.37. The molecular formula is C29H37N5O6S. The summed E-state index contributed by atoms with van der Waals surface area (Å²) in [6.45, 7) is 3.61. The Bertz CT molecular complexity index is 1360. The maximum atomic E-state index is 13.3. The van der Waals surface area contributed by atoms with Crippen LogP contribution in [-0.2, 0) is 32.0 Å². The number of carbonyl (C=O) groups is 4. The number of carboxylic acids is 1. The molecule has 0 saturated heterocycles. The van der Waals surface area contributed by atoms with Crippen molar-refractivity contribution in [2.45, 2.75) is 57.3 Å². The van der Waals surface area contributed by atoms with Gasteiger partial charge in [-0.15, -0.1) is 0 Å². The number of hydrogen-bond donors (Lipinski definition) is 8. The normalized spacial score (nSPS) is 14.8. The topological polar surface area (TPSA) is 187 Å². The molecule has 0 bridgehead atoms. The van der Waals surface area contributed by atoms with E-state index in [0.29, 0.717) is 6.42 Å². The predicted molar refractivity (Wildman–Crippen MR) is 159 cm³/mol. The molecule has 12 heteroatoms. The fraction of sp³-hybridized carbons (Fsp3) is 0.379. The van der Waals surface area contributed by atoms with E-state index < -0.39 is 47.9 Å². The molecule has 1 heterocycles. The first-order chi connectivity index (χ1) is 19.5.